The summed E-state index contributed by atoms with van der Waals surface area (Å²) in [6, 6.07) is 6.92. The van der Waals surface area contributed by atoms with Gasteiger partial charge in [-0.1, -0.05) is 29.8 Å². The SMILES string of the molecule is Cc1ccc(-c2csc3ncn([C@@H](C)C(=O)O)c(=O)c23)cc1. The van der Waals surface area contributed by atoms with E-state index in [1.165, 1.54) is 24.6 Å². The first kappa shape index (κ1) is 14.5. The predicted molar refractivity (Wildman–Crippen MR) is 86.4 cm³/mol. The van der Waals surface area contributed by atoms with E-state index in [1.807, 2.05) is 36.6 Å². The maximum absolute atomic E-state index is 12.7. The number of rotatable bonds is 3. The molecule has 0 aliphatic heterocycles. The summed E-state index contributed by atoms with van der Waals surface area (Å²) in [5.74, 6) is -1.06. The number of carboxylic acid groups (broad SMARTS) is 1. The third-order valence-electron chi connectivity index (χ3n) is 3.66. The molecule has 22 heavy (non-hydrogen) atoms. The lowest BCUT2D eigenvalue weighted by Crippen LogP contribution is -2.28. The molecule has 3 aromatic rings. The van der Waals surface area contributed by atoms with Crippen LogP contribution in [0.15, 0.2) is 40.8 Å². The van der Waals surface area contributed by atoms with Crippen LogP contribution in [0.1, 0.15) is 18.5 Å². The highest BCUT2D eigenvalue weighted by Gasteiger charge is 2.19. The molecule has 0 radical (unpaired) electrons. The molecule has 1 atom stereocenters. The highest BCUT2D eigenvalue weighted by Crippen LogP contribution is 2.30. The second-order valence-electron chi connectivity index (χ2n) is 5.17. The van der Waals surface area contributed by atoms with Gasteiger partial charge in [0, 0.05) is 10.9 Å². The summed E-state index contributed by atoms with van der Waals surface area (Å²) in [6.45, 7) is 3.47. The number of carboxylic acids is 1. The molecule has 0 saturated carbocycles. The van der Waals surface area contributed by atoms with Crippen LogP contribution in [0.25, 0.3) is 21.3 Å². The fraction of sp³-hybridized carbons (Fsp3) is 0.188. The molecule has 3 rings (SSSR count). The number of nitrogens with zero attached hydrogens (tertiary/aromatic N) is 2. The van der Waals surface area contributed by atoms with Gasteiger partial charge in [-0.05, 0) is 19.4 Å². The molecular formula is C16H14N2O3S. The molecule has 0 saturated heterocycles. The van der Waals surface area contributed by atoms with Crippen LogP contribution in [0.3, 0.4) is 0 Å². The van der Waals surface area contributed by atoms with Crippen molar-refractivity contribution < 1.29 is 9.90 Å². The molecule has 0 amide bonds. The van der Waals surface area contributed by atoms with E-state index in [9.17, 15) is 9.59 Å². The zero-order valence-corrected chi connectivity index (χ0v) is 12.9. The fourth-order valence-electron chi connectivity index (χ4n) is 2.29. The van der Waals surface area contributed by atoms with Gasteiger partial charge in [-0.2, -0.15) is 0 Å². The molecule has 0 fully saturated rings. The molecule has 112 valence electrons. The average Bonchev–Trinajstić information content (AvgIpc) is 2.92. The number of benzene rings is 1. The van der Waals surface area contributed by atoms with Crippen LogP contribution < -0.4 is 5.56 Å². The standard InChI is InChI=1S/C16H14N2O3S/c1-9-3-5-11(6-4-9)12-7-22-14-13(12)15(19)18(8-17-14)10(2)16(20)21/h3-8,10H,1-2H3,(H,20,21)/t10-/m0/s1. The molecule has 0 bridgehead atoms. The van der Waals surface area contributed by atoms with Gasteiger partial charge in [0.05, 0.1) is 11.7 Å². The van der Waals surface area contributed by atoms with Crippen LogP contribution in [0.4, 0.5) is 0 Å². The average molecular weight is 314 g/mol. The summed E-state index contributed by atoms with van der Waals surface area (Å²) >= 11 is 1.38. The van der Waals surface area contributed by atoms with Gasteiger partial charge in [-0.15, -0.1) is 11.3 Å². The molecule has 1 aromatic carbocycles. The Morgan fingerprint density at radius 2 is 2.00 bits per heavy atom. The van der Waals surface area contributed by atoms with E-state index >= 15 is 0 Å². The summed E-state index contributed by atoms with van der Waals surface area (Å²) in [5, 5.41) is 11.5. The van der Waals surface area contributed by atoms with E-state index in [0.717, 1.165) is 21.3 Å². The minimum atomic E-state index is -1.06. The van der Waals surface area contributed by atoms with Crippen LogP contribution in [0, 0.1) is 6.92 Å². The van der Waals surface area contributed by atoms with Crippen LogP contribution in [0.5, 0.6) is 0 Å². The lowest BCUT2D eigenvalue weighted by atomic mass is 10.1. The monoisotopic (exact) mass is 314 g/mol. The third kappa shape index (κ3) is 2.31. The number of thiophene rings is 1. The van der Waals surface area contributed by atoms with Crippen molar-refractivity contribution in [3.8, 4) is 11.1 Å². The van der Waals surface area contributed by atoms with Crippen LogP contribution in [-0.2, 0) is 4.79 Å². The Labute approximate surface area is 130 Å². The summed E-state index contributed by atoms with van der Waals surface area (Å²) in [5.41, 5.74) is 2.54. The Morgan fingerprint density at radius 1 is 1.32 bits per heavy atom. The van der Waals surface area contributed by atoms with E-state index in [4.69, 9.17) is 5.11 Å². The van der Waals surface area contributed by atoms with Crippen LogP contribution >= 0.6 is 11.3 Å². The Balaban J connectivity index is 2.25. The van der Waals surface area contributed by atoms with E-state index in [1.54, 1.807) is 0 Å². The minimum absolute atomic E-state index is 0.322. The summed E-state index contributed by atoms with van der Waals surface area (Å²) in [4.78, 5) is 28.6. The highest BCUT2D eigenvalue weighted by atomic mass is 32.1. The van der Waals surface area contributed by atoms with Gasteiger partial charge in [0.1, 0.15) is 10.9 Å². The number of aliphatic carboxylic acids is 1. The molecule has 0 aliphatic rings. The molecule has 0 aliphatic carbocycles. The molecule has 2 aromatic heterocycles. The number of carbonyl (C=O) groups is 1. The minimum Gasteiger partial charge on any atom is -0.480 e. The van der Waals surface area contributed by atoms with Crippen molar-refractivity contribution in [1.29, 1.82) is 0 Å². The van der Waals surface area contributed by atoms with Crippen molar-refractivity contribution in [2.45, 2.75) is 19.9 Å². The molecule has 0 unspecified atom stereocenters. The van der Waals surface area contributed by atoms with Crippen LogP contribution in [-0.4, -0.2) is 20.6 Å². The zero-order valence-electron chi connectivity index (χ0n) is 12.1. The smallest absolute Gasteiger partial charge is 0.326 e. The maximum Gasteiger partial charge on any atom is 0.326 e. The number of aryl methyl sites for hydroxylation is 1. The number of aromatic nitrogens is 2. The quantitative estimate of drug-likeness (QED) is 0.806. The molecule has 0 spiro atoms. The lowest BCUT2D eigenvalue weighted by molar-refractivity contribution is -0.140. The fourth-order valence-corrected chi connectivity index (χ4v) is 3.19. The highest BCUT2D eigenvalue weighted by molar-refractivity contribution is 7.17. The molecule has 5 nitrogen and oxygen atoms in total. The van der Waals surface area contributed by atoms with Gasteiger partial charge < -0.3 is 5.11 Å². The second-order valence-corrected chi connectivity index (χ2v) is 6.02. The largest absolute Gasteiger partial charge is 0.480 e. The molecule has 6 heteroatoms. The predicted octanol–water partition coefficient (Wildman–Crippen LogP) is 3.08. The van der Waals surface area contributed by atoms with Crippen molar-refractivity contribution in [3.63, 3.8) is 0 Å². The van der Waals surface area contributed by atoms with Crippen molar-refractivity contribution in [2.24, 2.45) is 0 Å². The number of fused-ring (bicyclic) bond motifs is 1. The van der Waals surface area contributed by atoms with Gasteiger partial charge in [0.15, 0.2) is 0 Å². The third-order valence-corrected chi connectivity index (χ3v) is 4.54. The lowest BCUT2D eigenvalue weighted by Gasteiger charge is -2.10. The van der Waals surface area contributed by atoms with Gasteiger partial charge in [0.25, 0.3) is 5.56 Å². The van der Waals surface area contributed by atoms with Crippen molar-refractivity contribution >= 4 is 27.5 Å². The Morgan fingerprint density at radius 3 is 2.64 bits per heavy atom. The normalized spacial score (nSPS) is 12.5. The van der Waals surface area contributed by atoms with Gasteiger partial charge in [-0.25, -0.2) is 9.78 Å². The van der Waals surface area contributed by atoms with Crippen molar-refractivity contribution in [2.75, 3.05) is 0 Å². The first-order valence-corrected chi connectivity index (χ1v) is 7.65. The summed E-state index contributed by atoms with van der Waals surface area (Å²) in [7, 11) is 0. The first-order chi connectivity index (χ1) is 10.5. The van der Waals surface area contributed by atoms with Gasteiger partial charge in [0.2, 0.25) is 0 Å². The van der Waals surface area contributed by atoms with Crippen molar-refractivity contribution in [1.82, 2.24) is 9.55 Å². The van der Waals surface area contributed by atoms with E-state index in [-0.39, 0.29) is 5.56 Å². The van der Waals surface area contributed by atoms with E-state index in [0.29, 0.717) is 10.2 Å². The topological polar surface area (TPSA) is 72.2 Å². The Bertz CT molecular complexity index is 909. The molecule has 1 N–H and O–H groups in total. The maximum atomic E-state index is 12.7. The second kappa shape index (κ2) is 5.38. The Kier molecular flexibility index (Phi) is 3.54. The molecule has 2 heterocycles. The zero-order chi connectivity index (χ0) is 15.9. The molecular weight excluding hydrogens is 300 g/mol. The number of hydrogen-bond acceptors (Lipinski definition) is 4. The summed E-state index contributed by atoms with van der Waals surface area (Å²) < 4.78 is 1.16. The summed E-state index contributed by atoms with van der Waals surface area (Å²) in [6.07, 6.45) is 1.30. The van der Waals surface area contributed by atoms with Crippen LogP contribution in [0.2, 0.25) is 0 Å². The van der Waals surface area contributed by atoms with Gasteiger partial charge in [-0.3, -0.25) is 9.36 Å². The first-order valence-electron chi connectivity index (χ1n) is 6.77. The van der Waals surface area contributed by atoms with Crippen molar-refractivity contribution in [3.05, 3.63) is 51.9 Å². The van der Waals surface area contributed by atoms with E-state index in [2.05, 4.69) is 4.98 Å². The Hall–Kier alpha value is -2.47. The van der Waals surface area contributed by atoms with Gasteiger partial charge >= 0.3 is 5.97 Å². The number of hydrogen-bond donors (Lipinski definition) is 1. The van der Waals surface area contributed by atoms with E-state index < -0.39 is 12.0 Å².